The van der Waals surface area contributed by atoms with Crippen LogP contribution in [-0.4, -0.2) is 39.0 Å². The zero-order chi connectivity index (χ0) is 55.9. The first kappa shape index (κ1) is 48.7. The van der Waals surface area contributed by atoms with Crippen molar-refractivity contribution in [2.45, 2.75) is 57.8 Å². The molecule has 10 aromatic carbocycles. The zero-order valence-corrected chi connectivity index (χ0v) is 47.0. The lowest BCUT2D eigenvalue weighted by Gasteiger charge is -2.38. The topological polar surface area (TPSA) is 87.2 Å². The molecule has 0 radical (unpaired) electrons. The Labute approximate surface area is 481 Å². The van der Waals surface area contributed by atoms with E-state index in [0.29, 0.717) is 34.9 Å². The van der Waals surface area contributed by atoms with Crippen molar-refractivity contribution in [2.24, 2.45) is 0 Å². The van der Waals surface area contributed by atoms with Crippen molar-refractivity contribution in [1.29, 1.82) is 0 Å². The van der Waals surface area contributed by atoms with E-state index in [-0.39, 0.29) is 10.8 Å². The SMILES string of the molecule is CC(C)(c1cc2c3c(c1)c1cc(-c4nc(-c5ccccc5)nc(-c5ccccc5)n4)ccc1n3-c1ccccc1C2(C)C)c1cc2c3c(c1)c1cc(-c4nc(-c5ccccc5)nc(-c5ccccc5)n4)ccc1n3-c1ccccc1C2(C)C. The summed E-state index contributed by atoms with van der Waals surface area (Å²) in [6, 6.07) is 82.3. The molecule has 0 saturated carbocycles. The zero-order valence-electron chi connectivity index (χ0n) is 47.0. The average molecular weight is 1070 g/mol. The van der Waals surface area contributed by atoms with Gasteiger partial charge in [-0.3, -0.25) is 0 Å². The highest BCUT2D eigenvalue weighted by atomic mass is 15.1. The monoisotopic (exact) mass is 1070 g/mol. The van der Waals surface area contributed by atoms with Crippen LogP contribution in [0.1, 0.15) is 74.9 Å². The molecule has 8 nitrogen and oxygen atoms in total. The first-order valence-electron chi connectivity index (χ1n) is 28.6. The minimum atomic E-state index is -0.486. The van der Waals surface area contributed by atoms with E-state index in [1.807, 2.05) is 72.8 Å². The van der Waals surface area contributed by atoms with Crippen LogP contribution in [0.3, 0.4) is 0 Å². The van der Waals surface area contributed by atoms with Gasteiger partial charge >= 0.3 is 0 Å². The van der Waals surface area contributed by atoms with Gasteiger partial charge in [0, 0.05) is 71.2 Å². The summed E-state index contributed by atoms with van der Waals surface area (Å²) in [5.41, 5.74) is 19.3. The first-order valence-corrected chi connectivity index (χ1v) is 28.6. The molecule has 2 aliphatic heterocycles. The normalized spacial score (nSPS) is 13.9. The van der Waals surface area contributed by atoms with Crippen LogP contribution in [0.4, 0.5) is 0 Å². The predicted molar refractivity (Wildman–Crippen MR) is 337 cm³/mol. The van der Waals surface area contributed by atoms with Gasteiger partial charge in [0.05, 0.1) is 33.4 Å². The van der Waals surface area contributed by atoms with Gasteiger partial charge in [0.1, 0.15) is 0 Å². The van der Waals surface area contributed by atoms with E-state index < -0.39 is 5.41 Å². The maximum Gasteiger partial charge on any atom is 0.164 e. The number of hydrogen-bond donors (Lipinski definition) is 0. The minimum Gasteiger partial charge on any atom is -0.309 e. The number of aromatic nitrogens is 8. The maximum atomic E-state index is 5.21. The number of benzene rings is 10. The average Bonchev–Trinajstić information content (AvgIpc) is 1.91. The van der Waals surface area contributed by atoms with Gasteiger partial charge in [-0.25, -0.2) is 29.9 Å². The van der Waals surface area contributed by atoms with Crippen LogP contribution in [0.2, 0.25) is 0 Å². The molecule has 83 heavy (non-hydrogen) atoms. The summed E-state index contributed by atoms with van der Waals surface area (Å²) in [6.07, 6.45) is 0. The van der Waals surface area contributed by atoms with Crippen molar-refractivity contribution in [3.63, 3.8) is 0 Å². The highest BCUT2D eigenvalue weighted by Crippen LogP contribution is 2.53. The molecule has 2 aliphatic rings. The molecule has 0 saturated heterocycles. The molecule has 0 fully saturated rings. The number of para-hydroxylation sites is 2. The van der Waals surface area contributed by atoms with Gasteiger partial charge in [-0.2, -0.15) is 0 Å². The van der Waals surface area contributed by atoms with E-state index in [4.69, 9.17) is 29.9 Å². The highest BCUT2D eigenvalue weighted by molar-refractivity contribution is 6.14. The number of rotatable bonds is 8. The van der Waals surface area contributed by atoms with Gasteiger partial charge < -0.3 is 9.13 Å². The fraction of sp³-hybridized carbons (Fsp3) is 0.120. The molecule has 396 valence electrons. The molecule has 8 heteroatoms. The van der Waals surface area contributed by atoms with E-state index in [2.05, 4.69) is 208 Å². The second kappa shape index (κ2) is 17.9. The Kier molecular flexibility index (Phi) is 10.5. The lowest BCUT2D eigenvalue weighted by atomic mass is 9.69. The number of nitrogens with zero attached hydrogens (tertiary/aromatic N) is 8. The van der Waals surface area contributed by atoms with Gasteiger partial charge in [0.25, 0.3) is 0 Å². The van der Waals surface area contributed by atoms with E-state index in [1.54, 1.807) is 0 Å². The Balaban J connectivity index is 0.923. The molecular formula is C75H56N8. The lowest BCUT2D eigenvalue weighted by Crippen LogP contribution is -2.29. The summed E-state index contributed by atoms with van der Waals surface area (Å²) >= 11 is 0. The Morgan fingerprint density at radius 3 is 0.928 bits per heavy atom. The summed E-state index contributed by atoms with van der Waals surface area (Å²) < 4.78 is 5.00. The van der Waals surface area contributed by atoms with Crippen molar-refractivity contribution in [2.75, 3.05) is 0 Å². The summed E-state index contributed by atoms with van der Waals surface area (Å²) in [5, 5.41) is 4.70. The van der Waals surface area contributed by atoms with Crippen LogP contribution >= 0.6 is 0 Å². The van der Waals surface area contributed by atoms with Crippen molar-refractivity contribution in [1.82, 2.24) is 39.0 Å². The molecule has 0 unspecified atom stereocenters. The van der Waals surface area contributed by atoms with Crippen LogP contribution in [0.25, 0.3) is 123 Å². The van der Waals surface area contributed by atoms with Crippen molar-refractivity contribution in [3.8, 4) is 79.7 Å². The molecule has 0 bridgehead atoms. The Hall–Kier alpha value is -10.2. The molecule has 0 aliphatic carbocycles. The van der Waals surface area contributed by atoms with Crippen LogP contribution < -0.4 is 0 Å². The quantitative estimate of drug-likeness (QED) is 0.151. The number of hydrogen-bond acceptors (Lipinski definition) is 6. The second-order valence-electron chi connectivity index (χ2n) is 24.0. The van der Waals surface area contributed by atoms with Crippen LogP contribution in [0.15, 0.2) is 231 Å². The second-order valence-corrected chi connectivity index (χ2v) is 24.0. The predicted octanol–water partition coefficient (Wildman–Crippen LogP) is 17.9. The molecular weight excluding hydrogens is 1010 g/mol. The number of fused-ring (bicyclic) bond motifs is 10. The van der Waals surface area contributed by atoms with Crippen LogP contribution in [0.5, 0.6) is 0 Å². The van der Waals surface area contributed by atoms with Crippen LogP contribution in [-0.2, 0) is 16.2 Å². The van der Waals surface area contributed by atoms with Gasteiger partial charge in [-0.1, -0.05) is 211 Å². The van der Waals surface area contributed by atoms with Gasteiger partial charge in [0.2, 0.25) is 0 Å². The van der Waals surface area contributed by atoms with Crippen molar-refractivity contribution in [3.05, 3.63) is 264 Å². The highest BCUT2D eigenvalue weighted by Gasteiger charge is 2.40. The molecule has 4 aromatic heterocycles. The maximum absolute atomic E-state index is 5.21. The lowest BCUT2D eigenvalue weighted by molar-refractivity contribution is 0.605. The van der Waals surface area contributed by atoms with Gasteiger partial charge in [0.15, 0.2) is 34.9 Å². The minimum absolute atomic E-state index is 0.321. The molecule has 0 N–H and O–H groups in total. The Morgan fingerprint density at radius 2 is 0.590 bits per heavy atom. The third-order valence-corrected chi connectivity index (χ3v) is 18.1. The molecule has 6 heterocycles. The molecule has 0 spiro atoms. The first-order chi connectivity index (χ1) is 40.4. The van der Waals surface area contributed by atoms with Crippen molar-refractivity contribution < 1.29 is 0 Å². The molecule has 14 aromatic rings. The Bertz CT molecular complexity index is 4550. The largest absolute Gasteiger partial charge is 0.309 e. The molecule has 0 amide bonds. The fourth-order valence-corrected chi connectivity index (χ4v) is 13.5. The summed E-state index contributed by atoms with van der Waals surface area (Å²) in [4.78, 5) is 30.9. The van der Waals surface area contributed by atoms with E-state index in [9.17, 15) is 0 Å². The molecule has 0 atom stereocenters. The fourth-order valence-electron chi connectivity index (χ4n) is 13.5. The smallest absolute Gasteiger partial charge is 0.164 e. The van der Waals surface area contributed by atoms with Crippen molar-refractivity contribution >= 4 is 43.6 Å². The Morgan fingerprint density at radius 1 is 0.289 bits per heavy atom. The van der Waals surface area contributed by atoms with Crippen LogP contribution in [0, 0.1) is 0 Å². The molecule has 16 rings (SSSR count). The van der Waals surface area contributed by atoms with E-state index in [0.717, 1.165) is 55.2 Å². The van der Waals surface area contributed by atoms with Gasteiger partial charge in [-0.05, 0) is 94.0 Å². The summed E-state index contributed by atoms with van der Waals surface area (Å²) in [7, 11) is 0. The third kappa shape index (κ3) is 7.38. The van der Waals surface area contributed by atoms with E-state index >= 15 is 0 Å². The standard InChI is InChI=1S/C75H56N8/c1-73(2,51-41-55-53-39-49(35-37-61(53)82-63-33-21-19-31-57(63)74(3,4)59(43-51)65(55)82)71-78-67(45-23-11-7-12-24-45)76-68(79-71)46-25-13-8-14-26-46)52-42-56-54-40-50(36-38-62(54)83-64-34-22-20-32-58(64)75(5,6)60(44-52)66(56)83)72-80-69(47-27-15-9-16-28-47)77-70(81-72)48-29-17-10-18-30-48/h7-44H,1-6H3. The summed E-state index contributed by atoms with van der Waals surface area (Å²) in [5.74, 6) is 3.81. The van der Waals surface area contributed by atoms with E-state index in [1.165, 1.54) is 66.6 Å². The van der Waals surface area contributed by atoms with Gasteiger partial charge in [-0.15, -0.1) is 0 Å². The third-order valence-electron chi connectivity index (χ3n) is 18.1. The summed E-state index contributed by atoms with van der Waals surface area (Å²) in [6.45, 7) is 14.4.